The molecule has 3 atom stereocenters. The lowest BCUT2D eigenvalue weighted by atomic mass is 9.83. The van der Waals surface area contributed by atoms with E-state index in [9.17, 15) is 40.7 Å². The van der Waals surface area contributed by atoms with Crippen LogP contribution in [0.4, 0.5) is 43.5 Å². The SMILES string of the molecule is NC(=O)C(CCC(F)(F)F)C(CCC(F)(F)F)C(=O)NC1CN(c2ccccn2)c2cccc(Cl)c2NC1=O. The Morgan fingerprint density at radius 2 is 1.69 bits per heavy atom. The number of nitrogens with one attached hydrogen (secondary N) is 2. The number of fused-ring (bicyclic) bond motifs is 1. The summed E-state index contributed by atoms with van der Waals surface area (Å²) in [6.07, 6.45) is -13.1. The third-order valence-electron chi connectivity index (χ3n) is 6.12. The maximum atomic E-state index is 13.2. The molecule has 212 valence electrons. The summed E-state index contributed by atoms with van der Waals surface area (Å²) in [5.74, 6) is -6.77. The van der Waals surface area contributed by atoms with E-state index in [1.807, 2.05) is 0 Å². The molecule has 1 aliphatic rings. The van der Waals surface area contributed by atoms with E-state index in [2.05, 4.69) is 15.6 Å². The zero-order valence-electron chi connectivity index (χ0n) is 20.2. The number of carbonyl (C=O) groups excluding carboxylic acids is 3. The summed E-state index contributed by atoms with van der Waals surface area (Å²) in [6, 6.07) is 8.20. The number of primary amides is 1. The predicted octanol–water partition coefficient (Wildman–Crippen LogP) is 4.71. The molecule has 39 heavy (non-hydrogen) atoms. The van der Waals surface area contributed by atoms with Crippen LogP contribution in [0.15, 0.2) is 42.6 Å². The van der Waals surface area contributed by atoms with E-state index in [4.69, 9.17) is 17.3 Å². The van der Waals surface area contributed by atoms with Crippen LogP contribution >= 0.6 is 11.6 Å². The third kappa shape index (κ3) is 8.22. The fourth-order valence-corrected chi connectivity index (χ4v) is 4.47. The second kappa shape index (κ2) is 12.1. The van der Waals surface area contributed by atoms with Crippen molar-refractivity contribution in [2.24, 2.45) is 17.6 Å². The van der Waals surface area contributed by atoms with Crippen molar-refractivity contribution in [3.63, 3.8) is 0 Å². The van der Waals surface area contributed by atoms with Crippen molar-refractivity contribution in [2.45, 2.75) is 44.1 Å². The zero-order chi connectivity index (χ0) is 29.0. The molecule has 0 aliphatic carbocycles. The Labute approximate surface area is 223 Å². The first-order valence-electron chi connectivity index (χ1n) is 11.7. The van der Waals surface area contributed by atoms with Crippen LogP contribution in [0.2, 0.25) is 5.02 Å². The number of amides is 3. The molecule has 0 radical (unpaired) electrons. The Morgan fingerprint density at radius 1 is 1.05 bits per heavy atom. The summed E-state index contributed by atoms with van der Waals surface area (Å²) in [4.78, 5) is 44.1. The summed E-state index contributed by atoms with van der Waals surface area (Å²) < 4.78 is 77.6. The van der Waals surface area contributed by atoms with Gasteiger partial charge < -0.3 is 21.3 Å². The van der Waals surface area contributed by atoms with Gasteiger partial charge >= 0.3 is 12.4 Å². The topological polar surface area (TPSA) is 117 Å². The van der Waals surface area contributed by atoms with Gasteiger partial charge in [-0.1, -0.05) is 23.7 Å². The molecule has 1 aliphatic heterocycles. The van der Waals surface area contributed by atoms with Gasteiger partial charge in [-0.2, -0.15) is 26.3 Å². The average Bonchev–Trinajstić information content (AvgIpc) is 2.97. The van der Waals surface area contributed by atoms with Gasteiger partial charge in [0.05, 0.1) is 22.9 Å². The monoisotopic (exact) mass is 579 g/mol. The normalized spacial score (nSPS) is 17.5. The Morgan fingerprint density at radius 3 is 2.26 bits per heavy atom. The maximum Gasteiger partial charge on any atom is 0.389 e. The van der Waals surface area contributed by atoms with Crippen LogP contribution in [0.25, 0.3) is 0 Å². The zero-order valence-corrected chi connectivity index (χ0v) is 20.9. The predicted molar refractivity (Wildman–Crippen MR) is 130 cm³/mol. The van der Waals surface area contributed by atoms with E-state index in [-0.39, 0.29) is 17.3 Å². The summed E-state index contributed by atoms with van der Waals surface area (Å²) in [5, 5.41) is 5.03. The number of benzene rings is 1. The molecule has 1 aromatic heterocycles. The molecule has 3 amide bonds. The Kier molecular flexibility index (Phi) is 9.30. The quantitative estimate of drug-likeness (QED) is 0.372. The average molecular weight is 580 g/mol. The standard InChI is InChI=1S/C24H24ClF6N5O3/c25-15-4-3-5-17-19(15)35-22(39)16(12-36(17)18-6-1-2-11-33-18)34-21(38)14(8-10-24(29,30)31)13(20(32)37)7-9-23(26,27)28/h1-6,11,13-14,16H,7-10,12H2,(H2,32,37)(H,34,38)(H,35,39). The molecule has 0 saturated heterocycles. The van der Waals surface area contributed by atoms with Crippen molar-refractivity contribution in [3.8, 4) is 0 Å². The Balaban J connectivity index is 1.93. The van der Waals surface area contributed by atoms with Gasteiger partial charge in [-0.05, 0) is 37.1 Å². The first-order chi connectivity index (χ1) is 18.2. The maximum absolute atomic E-state index is 13.2. The molecular weight excluding hydrogens is 556 g/mol. The van der Waals surface area contributed by atoms with Gasteiger partial charge in [0.1, 0.15) is 11.9 Å². The van der Waals surface area contributed by atoms with Gasteiger partial charge in [0, 0.05) is 30.9 Å². The van der Waals surface area contributed by atoms with E-state index < -0.39 is 73.6 Å². The Bertz CT molecular complexity index is 1200. The van der Waals surface area contributed by atoms with E-state index >= 15 is 0 Å². The lowest BCUT2D eigenvalue weighted by Crippen LogP contribution is -2.52. The van der Waals surface area contributed by atoms with Crippen LogP contribution in [-0.4, -0.2) is 47.6 Å². The van der Waals surface area contributed by atoms with E-state index in [0.717, 1.165) is 0 Å². The fraction of sp³-hybridized carbons (Fsp3) is 0.417. The van der Waals surface area contributed by atoms with Gasteiger partial charge in [-0.25, -0.2) is 4.98 Å². The van der Waals surface area contributed by atoms with Crippen LogP contribution < -0.4 is 21.3 Å². The number of hydrogen-bond acceptors (Lipinski definition) is 5. The molecule has 3 rings (SSSR count). The van der Waals surface area contributed by atoms with Gasteiger partial charge in [0.2, 0.25) is 17.7 Å². The van der Waals surface area contributed by atoms with E-state index in [0.29, 0.717) is 11.5 Å². The van der Waals surface area contributed by atoms with Crippen LogP contribution in [0, 0.1) is 11.8 Å². The number of hydrogen-bond donors (Lipinski definition) is 3. The minimum Gasteiger partial charge on any atom is -0.369 e. The largest absolute Gasteiger partial charge is 0.389 e. The van der Waals surface area contributed by atoms with Gasteiger partial charge in [0.25, 0.3) is 0 Å². The van der Waals surface area contributed by atoms with Gasteiger partial charge in [-0.3, -0.25) is 14.4 Å². The van der Waals surface area contributed by atoms with Crippen LogP contribution in [0.3, 0.4) is 0 Å². The molecule has 2 heterocycles. The first-order valence-corrected chi connectivity index (χ1v) is 12.0. The van der Waals surface area contributed by atoms with Crippen molar-refractivity contribution in [2.75, 3.05) is 16.8 Å². The molecule has 8 nitrogen and oxygen atoms in total. The van der Waals surface area contributed by atoms with Crippen LogP contribution in [-0.2, 0) is 14.4 Å². The van der Waals surface area contributed by atoms with Crippen molar-refractivity contribution in [3.05, 3.63) is 47.6 Å². The van der Waals surface area contributed by atoms with Gasteiger partial charge in [-0.15, -0.1) is 0 Å². The molecule has 3 unspecified atom stereocenters. The molecule has 1 aromatic carbocycles. The number of carbonyl (C=O) groups is 3. The summed E-state index contributed by atoms with van der Waals surface area (Å²) in [7, 11) is 0. The van der Waals surface area contributed by atoms with Crippen molar-refractivity contribution < 1.29 is 40.7 Å². The molecule has 2 aromatic rings. The lowest BCUT2D eigenvalue weighted by Gasteiger charge is -2.29. The molecule has 0 saturated carbocycles. The van der Waals surface area contributed by atoms with E-state index in [1.54, 1.807) is 30.3 Å². The number of aromatic nitrogens is 1. The molecule has 0 spiro atoms. The first kappa shape index (κ1) is 30.0. The number of anilines is 3. The number of pyridine rings is 1. The highest BCUT2D eigenvalue weighted by Gasteiger charge is 2.41. The summed E-state index contributed by atoms with van der Waals surface area (Å²) in [6.45, 7) is -0.266. The van der Waals surface area contributed by atoms with E-state index in [1.165, 1.54) is 17.2 Å². The summed E-state index contributed by atoms with van der Waals surface area (Å²) in [5.41, 5.74) is 5.81. The fourth-order valence-electron chi connectivity index (χ4n) is 4.25. The second-order valence-electron chi connectivity index (χ2n) is 8.91. The smallest absolute Gasteiger partial charge is 0.369 e. The van der Waals surface area contributed by atoms with Gasteiger partial charge in [0.15, 0.2) is 0 Å². The lowest BCUT2D eigenvalue weighted by molar-refractivity contribution is -0.152. The third-order valence-corrected chi connectivity index (χ3v) is 6.44. The number of halogens is 7. The van der Waals surface area contributed by atoms with Crippen LogP contribution in [0.5, 0.6) is 0 Å². The molecule has 0 bridgehead atoms. The highest BCUT2D eigenvalue weighted by atomic mass is 35.5. The van der Waals surface area contributed by atoms with Crippen LogP contribution in [0.1, 0.15) is 25.7 Å². The second-order valence-corrected chi connectivity index (χ2v) is 9.31. The number of para-hydroxylation sites is 1. The number of rotatable bonds is 9. The molecule has 0 fully saturated rings. The minimum atomic E-state index is -4.77. The number of alkyl halides is 6. The minimum absolute atomic E-state index is 0.151. The van der Waals surface area contributed by atoms with Crippen molar-refractivity contribution in [1.82, 2.24) is 10.3 Å². The highest BCUT2D eigenvalue weighted by Crippen LogP contribution is 2.38. The number of nitrogens with two attached hydrogens (primary N) is 1. The number of nitrogens with zero attached hydrogens (tertiary/aromatic N) is 2. The molecule has 4 N–H and O–H groups in total. The molecular formula is C24H24ClF6N5O3. The van der Waals surface area contributed by atoms with Crippen molar-refractivity contribution >= 4 is 46.5 Å². The highest BCUT2D eigenvalue weighted by molar-refractivity contribution is 6.34. The molecule has 15 heteroatoms. The Hall–Kier alpha value is -3.55. The van der Waals surface area contributed by atoms with Crippen molar-refractivity contribution in [1.29, 1.82) is 0 Å². The summed E-state index contributed by atoms with van der Waals surface area (Å²) >= 11 is 6.27.